The van der Waals surface area contributed by atoms with Crippen molar-refractivity contribution < 1.29 is 40.2 Å². The highest BCUT2D eigenvalue weighted by Gasteiger charge is 2.35. The first-order valence-electron chi connectivity index (χ1n) is 5.55. The average molecular weight is 268 g/mol. The number of hydrogen-bond acceptors (Lipinski definition) is 8. The van der Waals surface area contributed by atoms with E-state index in [0.29, 0.717) is 6.42 Å². The van der Waals surface area contributed by atoms with Gasteiger partial charge in [-0.1, -0.05) is 6.92 Å². The molecule has 0 rings (SSSR count). The van der Waals surface area contributed by atoms with Gasteiger partial charge in [-0.15, -0.1) is 0 Å². The van der Waals surface area contributed by atoms with E-state index in [1.54, 1.807) is 6.92 Å². The molecule has 0 aromatic rings. The summed E-state index contributed by atoms with van der Waals surface area (Å²) in [5.41, 5.74) is 0. The Morgan fingerprint density at radius 2 is 1.61 bits per heavy atom. The summed E-state index contributed by atoms with van der Waals surface area (Å²) in [5.74, 6) is -0.770. The van der Waals surface area contributed by atoms with Crippen molar-refractivity contribution in [2.45, 2.75) is 50.5 Å². The molecule has 0 saturated heterocycles. The maximum absolute atomic E-state index is 11.0. The molecule has 0 aromatic carbocycles. The molecule has 6 N–H and O–H groups in total. The van der Waals surface area contributed by atoms with Crippen LogP contribution in [0.5, 0.6) is 0 Å². The first-order chi connectivity index (χ1) is 8.34. The molecule has 0 saturated carbocycles. The average Bonchev–Trinajstić information content (AvgIpc) is 2.35. The van der Waals surface area contributed by atoms with E-state index in [0.717, 1.165) is 0 Å². The summed E-state index contributed by atoms with van der Waals surface area (Å²) in [6, 6.07) is 0. The van der Waals surface area contributed by atoms with Crippen LogP contribution in [0.4, 0.5) is 0 Å². The largest absolute Gasteiger partial charge is 0.433 e. The van der Waals surface area contributed by atoms with Crippen molar-refractivity contribution in [1.82, 2.24) is 0 Å². The third-order valence-corrected chi connectivity index (χ3v) is 2.28. The summed E-state index contributed by atoms with van der Waals surface area (Å²) in [4.78, 5) is 11.0. The van der Waals surface area contributed by atoms with Crippen molar-refractivity contribution in [2.24, 2.45) is 0 Å². The summed E-state index contributed by atoms with van der Waals surface area (Å²) < 4.78 is 4.39. The first-order valence-corrected chi connectivity index (χ1v) is 5.55. The van der Waals surface area contributed by atoms with Gasteiger partial charge in [-0.25, -0.2) is 0 Å². The Bertz CT molecular complexity index is 246. The van der Waals surface area contributed by atoms with Crippen LogP contribution in [0.1, 0.15) is 19.8 Å². The molecule has 0 aliphatic heterocycles. The van der Waals surface area contributed by atoms with Crippen LogP contribution in [0.25, 0.3) is 0 Å². The van der Waals surface area contributed by atoms with E-state index in [1.807, 2.05) is 0 Å². The minimum atomic E-state index is -2.03. The second-order valence-electron chi connectivity index (χ2n) is 3.85. The van der Waals surface area contributed by atoms with Crippen LogP contribution in [0.15, 0.2) is 0 Å². The van der Waals surface area contributed by atoms with Crippen molar-refractivity contribution in [3.8, 4) is 0 Å². The predicted molar refractivity (Wildman–Crippen MR) is 58.1 cm³/mol. The summed E-state index contributed by atoms with van der Waals surface area (Å²) in [6.45, 7) is 0.872. The van der Waals surface area contributed by atoms with Crippen molar-refractivity contribution in [3.05, 3.63) is 0 Å². The number of carbonyl (C=O) groups is 1. The molecule has 0 spiro atoms. The van der Waals surface area contributed by atoms with E-state index >= 15 is 0 Å². The molecule has 0 aliphatic carbocycles. The molecule has 8 heteroatoms. The molecule has 5 atom stereocenters. The molecule has 18 heavy (non-hydrogen) atoms. The maximum Gasteiger partial charge on any atom is 0.308 e. The molecule has 0 fully saturated rings. The minimum absolute atomic E-state index is 0.0295. The second kappa shape index (κ2) is 8.35. The third kappa shape index (κ3) is 5.25. The minimum Gasteiger partial charge on any atom is -0.433 e. The zero-order valence-electron chi connectivity index (χ0n) is 10.0. The summed E-state index contributed by atoms with van der Waals surface area (Å²) in [6.07, 6.45) is -9.06. The predicted octanol–water partition coefficient (Wildman–Crippen LogP) is -2.92. The SMILES string of the molecule is CCCC(=O)OC(O)[C@@H](O)[C@@H](O)[C@H](O)[C@H](O)CO. The Morgan fingerprint density at radius 1 is 1.06 bits per heavy atom. The Balaban J connectivity index is 4.35. The number of esters is 1. The van der Waals surface area contributed by atoms with Gasteiger partial charge >= 0.3 is 5.97 Å². The third-order valence-electron chi connectivity index (χ3n) is 2.28. The number of hydrogen-bond donors (Lipinski definition) is 6. The van der Waals surface area contributed by atoms with Crippen LogP contribution >= 0.6 is 0 Å². The van der Waals surface area contributed by atoms with Gasteiger partial charge in [0.1, 0.15) is 24.4 Å². The van der Waals surface area contributed by atoms with E-state index in [2.05, 4.69) is 4.74 Å². The molecule has 0 radical (unpaired) electrons. The van der Waals surface area contributed by atoms with Crippen molar-refractivity contribution in [3.63, 3.8) is 0 Å². The van der Waals surface area contributed by atoms with Gasteiger partial charge in [-0.05, 0) is 6.42 Å². The number of rotatable bonds is 8. The van der Waals surface area contributed by atoms with Crippen LogP contribution < -0.4 is 0 Å². The maximum atomic E-state index is 11.0. The lowest BCUT2D eigenvalue weighted by molar-refractivity contribution is -0.213. The van der Waals surface area contributed by atoms with E-state index in [-0.39, 0.29) is 6.42 Å². The summed E-state index contributed by atoms with van der Waals surface area (Å²) in [5, 5.41) is 54.9. The van der Waals surface area contributed by atoms with Gasteiger partial charge in [0, 0.05) is 6.42 Å². The fourth-order valence-corrected chi connectivity index (χ4v) is 1.17. The monoisotopic (exact) mass is 268 g/mol. The number of ether oxygens (including phenoxy) is 1. The lowest BCUT2D eigenvalue weighted by Crippen LogP contribution is -2.50. The Labute approximate surface area is 104 Å². The van der Waals surface area contributed by atoms with E-state index in [4.69, 9.17) is 10.2 Å². The molecule has 0 heterocycles. The fourth-order valence-electron chi connectivity index (χ4n) is 1.17. The Morgan fingerprint density at radius 3 is 2.06 bits per heavy atom. The summed E-state index contributed by atoms with van der Waals surface area (Å²) >= 11 is 0. The van der Waals surface area contributed by atoms with Crippen LogP contribution in [0.3, 0.4) is 0 Å². The molecular formula is C10H20O8. The lowest BCUT2D eigenvalue weighted by Gasteiger charge is -2.27. The molecule has 0 aromatic heterocycles. The standard InChI is InChI=1S/C10H20O8/c1-2-3-6(13)18-10(17)9(16)8(15)7(14)5(12)4-11/h5,7-12,14-17H,2-4H2,1H3/t5-,7-,8+,9+,10?/m1/s1. The molecule has 0 aliphatic rings. The van der Waals surface area contributed by atoms with Gasteiger partial charge in [0.05, 0.1) is 6.61 Å². The van der Waals surface area contributed by atoms with E-state index in [9.17, 15) is 25.2 Å². The zero-order valence-corrected chi connectivity index (χ0v) is 10.0. The highest BCUT2D eigenvalue weighted by atomic mass is 16.6. The first kappa shape index (κ1) is 17.2. The van der Waals surface area contributed by atoms with E-state index < -0.39 is 43.3 Å². The van der Waals surface area contributed by atoms with Gasteiger partial charge in [0.15, 0.2) is 0 Å². The quantitative estimate of drug-likeness (QED) is 0.203. The topological polar surface area (TPSA) is 148 Å². The lowest BCUT2D eigenvalue weighted by atomic mass is 10.0. The van der Waals surface area contributed by atoms with Crippen molar-refractivity contribution in [2.75, 3.05) is 6.61 Å². The number of aliphatic hydroxyl groups is 6. The fraction of sp³-hybridized carbons (Fsp3) is 0.900. The second-order valence-corrected chi connectivity index (χ2v) is 3.85. The van der Waals surface area contributed by atoms with Gasteiger partial charge in [-0.3, -0.25) is 4.79 Å². The number of carbonyl (C=O) groups excluding carboxylic acids is 1. The van der Waals surface area contributed by atoms with E-state index in [1.165, 1.54) is 0 Å². The summed E-state index contributed by atoms with van der Waals surface area (Å²) in [7, 11) is 0. The highest BCUT2D eigenvalue weighted by molar-refractivity contribution is 5.69. The van der Waals surface area contributed by atoms with Crippen molar-refractivity contribution >= 4 is 5.97 Å². The molecule has 8 nitrogen and oxygen atoms in total. The smallest absolute Gasteiger partial charge is 0.308 e. The normalized spacial score (nSPS) is 19.7. The molecular weight excluding hydrogens is 248 g/mol. The van der Waals surface area contributed by atoms with Crippen LogP contribution in [-0.4, -0.2) is 73.9 Å². The van der Waals surface area contributed by atoms with Crippen molar-refractivity contribution in [1.29, 1.82) is 0 Å². The zero-order chi connectivity index (χ0) is 14.3. The number of aliphatic hydroxyl groups excluding tert-OH is 6. The molecule has 0 amide bonds. The van der Waals surface area contributed by atoms with Gasteiger partial charge in [0.25, 0.3) is 0 Å². The highest BCUT2D eigenvalue weighted by Crippen LogP contribution is 2.10. The van der Waals surface area contributed by atoms with Crippen LogP contribution in [0.2, 0.25) is 0 Å². The van der Waals surface area contributed by atoms with Gasteiger partial charge in [0.2, 0.25) is 6.29 Å². The van der Waals surface area contributed by atoms with Crippen LogP contribution in [0, 0.1) is 0 Å². The van der Waals surface area contributed by atoms with Gasteiger partial charge < -0.3 is 35.4 Å². The molecule has 108 valence electrons. The Hall–Kier alpha value is -0.770. The van der Waals surface area contributed by atoms with Crippen LogP contribution in [-0.2, 0) is 9.53 Å². The molecule has 1 unspecified atom stereocenters. The molecule has 0 bridgehead atoms. The Kier molecular flexibility index (Phi) is 8.00. The van der Waals surface area contributed by atoms with Gasteiger partial charge in [-0.2, -0.15) is 0 Å².